The van der Waals surface area contributed by atoms with Crippen LogP contribution in [-0.4, -0.2) is 0 Å². The fraction of sp³-hybridized carbons (Fsp3) is 0. The Hall–Kier alpha value is -4.68. The summed E-state index contributed by atoms with van der Waals surface area (Å²) in [5.74, 6) is 0. The molecule has 0 amide bonds. The van der Waals surface area contributed by atoms with E-state index in [-0.39, 0.29) is 0 Å². The third-order valence-electron chi connectivity index (χ3n) is 7.82. The highest BCUT2D eigenvalue weighted by atomic mass is 14.2. The second-order valence-electron chi connectivity index (χ2n) is 9.70. The summed E-state index contributed by atoms with van der Waals surface area (Å²) in [6, 6.07) is 49.2. The molecule has 0 saturated carbocycles. The van der Waals surface area contributed by atoms with Crippen LogP contribution in [0.4, 0.5) is 0 Å². The van der Waals surface area contributed by atoms with E-state index in [9.17, 15) is 0 Å². The van der Waals surface area contributed by atoms with E-state index in [1.807, 2.05) is 0 Å². The second kappa shape index (κ2) is 7.41. The molecule has 0 fully saturated rings. The van der Waals surface area contributed by atoms with E-state index in [4.69, 9.17) is 0 Å². The molecule has 0 heteroatoms. The van der Waals surface area contributed by atoms with Crippen LogP contribution in [0.25, 0.3) is 75.8 Å². The molecule has 8 aromatic rings. The Morgan fingerprint density at radius 1 is 0.222 bits per heavy atom. The summed E-state index contributed by atoms with van der Waals surface area (Å²) < 4.78 is 0. The van der Waals surface area contributed by atoms with Gasteiger partial charge < -0.3 is 0 Å². The molecule has 0 saturated heterocycles. The van der Waals surface area contributed by atoms with Crippen molar-refractivity contribution in [1.29, 1.82) is 0 Å². The van der Waals surface area contributed by atoms with Gasteiger partial charge in [-0.1, -0.05) is 121 Å². The van der Waals surface area contributed by atoms with Crippen LogP contribution in [0.1, 0.15) is 0 Å². The first-order chi connectivity index (χ1) is 17.9. The standard InChI is InChI=1S/C36H22/c1-3-11-25-23(9-1)17-19-31-27-13-5-7-15-29(27)35(21-33(25)31)36-22-34-26-12-4-2-10-24(26)18-20-32(34)28-14-6-8-16-30(28)36/h1-22H. The quantitative estimate of drug-likeness (QED) is 0.216. The van der Waals surface area contributed by atoms with Crippen molar-refractivity contribution in [2.75, 3.05) is 0 Å². The summed E-state index contributed by atoms with van der Waals surface area (Å²) in [4.78, 5) is 0. The van der Waals surface area contributed by atoms with E-state index in [1.165, 1.54) is 75.8 Å². The molecule has 0 heterocycles. The van der Waals surface area contributed by atoms with Gasteiger partial charge in [-0.25, -0.2) is 0 Å². The predicted octanol–water partition coefficient (Wildman–Crippen LogP) is 10.3. The SMILES string of the molecule is c1ccc2c(c1)ccc1c3ccccc3c(-c3cc4c5ccccc5ccc4c4ccccc34)cc21. The van der Waals surface area contributed by atoms with Crippen LogP contribution < -0.4 is 0 Å². The Balaban J connectivity index is 1.61. The molecule has 0 N–H and O–H groups in total. The Bertz CT molecular complexity index is 1990. The van der Waals surface area contributed by atoms with Crippen LogP contribution in [0.5, 0.6) is 0 Å². The lowest BCUT2D eigenvalue weighted by Crippen LogP contribution is -1.89. The van der Waals surface area contributed by atoms with Gasteiger partial charge in [-0.05, 0) is 87.9 Å². The summed E-state index contributed by atoms with van der Waals surface area (Å²) >= 11 is 0. The average molecular weight is 455 g/mol. The molecule has 0 aromatic heterocycles. The molecule has 8 rings (SSSR count). The number of hydrogen-bond donors (Lipinski definition) is 0. The number of benzene rings is 8. The Kier molecular flexibility index (Phi) is 4.03. The Labute approximate surface area is 209 Å². The molecule has 0 radical (unpaired) electrons. The molecule has 0 aliphatic carbocycles. The third kappa shape index (κ3) is 2.70. The molecule has 8 aromatic carbocycles. The lowest BCUT2D eigenvalue weighted by atomic mass is 9.87. The van der Waals surface area contributed by atoms with E-state index in [2.05, 4.69) is 133 Å². The zero-order valence-corrected chi connectivity index (χ0v) is 19.7. The Morgan fingerprint density at radius 3 is 1.00 bits per heavy atom. The minimum atomic E-state index is 1.28. The van der Waals surface area contributed by atoms with Gasteiger partial charge in [0.25, 0.3) is 0 Å². The fourth-order valence-electron chi connectivity index (χ4n) is 6.17. The van der Waals surface area contributed by atoms with Gasteiger partial charge >= 0.3 is 0 Å². The number of fused-ring (bicyclic) bond motifs is 10. The van der Waals surface area contributed by atoms with Crippen LogP contribution in [0.2, 0.25) is 0 Å². The minimum Gasteiger partial charge on any atom is -0.0616 e. The molecule has 0 aliphatic rings. The van der Waals surface area contributed by atoms with Crippen LogP contribution in [-0.2, 0) is 0 Å². The van der Waals surface area contributed by atoms with E-state index in [0.29, 0.717) is 0 Å². The molecular weight excluding hydrogens is 432 g/mol. The predicted molar refractivity (Wildman–Crippen MR) is 157 cm³/mol. The van der Waals surface area contributed by atoms with Gasteiger partial charge in [0.1, 0.15) is 0 Å². The van der Waals surface area contributed by atoms with Gasteiger partial charge in [-0.15, -0.1) is 0 Å². The van der Waals surface area contributed by atoms with Crippen LogP contribution in [0.15, 0.2) is 133 Å². The summed E-state index contributed by atoms with van der Waals surface area (Å²) in [6.45, 7) is 0. The second-order valence-corrected chi connectivity index (χ2v) is 9.70. The summed E-state index contributed by atoms with van der Waals surface area (Å²) in [5, 5.41) is 15.6. The van der Waals surface area contributed by atoms with Crippen molar-refractivity contribution in [2.24, 2.45) is 0 Å². The number of rotatable bonds is 1. The molecule has 0 aliphatic heterocycles. The zero-order chi connectivity index (χ0) is 23.6. The third-order valence-corrected chi connectivity index (χ3v) is 7.82. The highest BCUT2D eigenvalue weighted by molar-refractivity contribution is 6.25. The molecule has 36 heavy (non-hydrogen) atoms. The number of hydrogen-bond acceptors (Lipinski definition) is 0. The maximum Gasteiger partial charge on any atom is -0.00923 e. The lowest BCUT2D eigenvalue weighted by molar-refractivity contribution is 1.73. The van der Waals surface area contributed by atoms with Crippen LogP contribution >= 0.6 is 0 Å². The van der Waals surface area contributed by atoms with Gasteiger partial charge in [0, 0.05) is 0 Å². The molecule has 0 bridgehead atoms. The highest BCUT2D eigenvalue weighted by Crippen LogP contribution is 2.43. The summed E-state index contributed by atoms with van der Waals surface area (Å²) in [6.07, 6.45) is 0. The van der Waals surface area contributed by atoms with E-state index >= 15 is 0 Å². The van der Waals surface area contributed by atoms with Gasteiger partial charge in [-0.2, -0.15) is 0 Å². The van der Waals surface area contributed by atoms with Gasteiger partial charge in [0.05, 0.1) is 0 Å². The van der Waals surface area contributed by atoms with Gasteiger partial charge in [0.2, 0.25) is 0 Å². The first-order valence-electron chi connectivity index (χ1n) is 12.5. The zero-order valence-electron chi connectivity index (χ0n) is 19.7. The van der Waals surface area contributed by atoms with Crippen molar-refractivity contribution in [2.45, 2.75) is 0 Å². The van der Waals surface area contributed by atoms with Crippen molar-refractivity contribution >= 4 is 64.6 Å². The summed E-state index contributed by atoms with van der Waals surface area (Å²) in [7, 11) is 0. The van der Waals surface area contributed by atoms with Gasteiger partial charge in [0.15, 0.2) is 0 Å². The minimum absolute atomic E-state index is 1.28. The first kappa shape index (κ1) is 19.6. The monoisotopic (exact) mass is 454 g/mol. The topological polar surface area (TPSA) is 0 Å². The van der Waals surface area contributed by atoms with Crippen molar-refractivity contribution in [1.82, 2.24) is 0 Å². The molecule has 0 atom stereocenters. The van der Waals surface area contributed by atoms with E-state index < -0.39 is 0 Å². The molecule has 0 unspecified atom stereocenters. The molecule has 166 valence electrons. The van der Waals surface area contributed by atoms with Crippen molar-refractivity contribution in [3.8, 4) is 11.1 Å². The van der Waals surface area contributed by atoms with E-state index in [1.54, 1.807) is 0 Å². The normalized spacial score (nSPS) is 11.9. The maximum absolute atomic E-state index is 2.43. The average Bonchev–Trinajstić information content (AvgIpc) is 2.96. The van der Waals surface area contributed by atoms with Crippen LogP contribution in [0.3, 0.4) is 0 Å². The molecular formula is C36H22. The molecule has 0 spiro atoms. The maximum atomic E-state index is 2.43. The lowest BCUT2D eigenvalue weighted by Gasteiger charge is -2.17. The first-order valence-corrected chi connectivity index (χ1v) is 12.5. The van der Waals surface area contributed by atoms with E-state index in [0.717, 1.165) is 0 Å². The largest absolute Gasteiger partial charge is 0.0616 e. The van der Waals surface area contributed by atoms with Crippen molar-refractivity contribution < 1.29 is 0 Å². The Morgan fingerprint density at radius 2 is 0.556 bits per heavy atom. The smallest absolute Gasteiger partial charge is 0.00923 e. The van der Waals surface area contributed by atoms with Gasteiger partial charge in [-0.3, -0.25) is 0 Å². The van der Waals surface area contributed by atoms with Crippen molar-refractivity contribution in [3.05, 3.63) is 133 Å². The highest BCUT2D eigenvalue weighted by Gasteiger charge is 2.15. The summed E-state index contributed by atoms with van der Waals surface area (Å²) in [5.41, 5.74) is 2.58. The van der Waals surface area contributed by atoms with Crippen molar-refractivity contribution in [3.63, 3.8) is 0 Å². The molecule has 0 nitrogen and oxygen atoms in total. The van der Waals surface area contributed by atoms with Crippen LogP contribution in [0, 0.1) is 0 Å². The fourth-order valence-corrected chi connectivity index (χ4v) is 6.17.